The highest BCUT2D eigenvalue weighted by Crippen LogP contribution is 2.31. The lowest BCUT2D eigenvalue weighted by molar-refractivity contribution is -0.137. The summed E-state index contributed by atoms with van der Waals surface area (Å²) in [4.78, 5) is 14.5. The molecule has 1 heterocycles. The van der Waals surface area contributed by atoms with E-state index in [1.807, 2.05) is 12.1 Å². The van der Waals surface area contributed by atoms with Crippen molar-refractivity contribution in [3.8, 4) is 11.6 Å². The monoisotopic (exact) mass is 376 g/mol. The van der Waals surface area contributed by atoms with E-state index in [0.717, 1.165) is 55.5 Å². The predicted octanol–water partition coefficient (Wildman–Crippen LogP) is 4.96. The Morgan fingerprint density at radius 3 is 2.74 bits per heavy atom. The summed E-state index contributed by atoms with van der Waals surface area (Å²) in [5.41, 5.74) is 1.23. The number of amides is 1. The molecule has 0 bridgehead atoms. The second kappa shape index (κ2) is 8.24. The molecule has 2 aromatic rings. The number of hydrogen-bond donors (Lipinski definition) is 1. The first-order valence-corrected chi connectivity index (χ1v) is 8.67. The maximum atomic E-state index is 12.6. The maximum absolute atomic E-state index is 12.6. The number of carbonyl (C=O) groups excluding carboxylic acids is 1. The zero-order valence-electron chi connectivity index (χ0n) is 14.5. The molecule has 1 amide bonds. The first kappa shape index (κ1) is 18.9. The van der Waals surface area contributed by atoms with Gasteiger partial charge in [0, 0.05) is 12.3 Å². The summed E-state index contributed by atoms with van der Waals surface area (Å²) in [5, 5.41) is 2.84. The standard InChI is InChI=1S/C20H19F3N2O2/c21-20(22,23)16-8-9-19(24-12-16)27-17-6-3-4-14(11-17)10-15-5-1-2-7-18(15)25-13-26/h3-4,6,8-13,18H,1-2,5,7H2,(H,25,26). The molecule has 1 aromatic heterocycles. The van der Waals surface area contributed by atoms with Crippen molar-refractivity contribution in [1.29, 1.82) is 0 Å². The lowest BCUT2D eigenvalue weighted by Gasteiger charge is -2.24. The van der Waals surface area contributed by atoms with E-state index < -0.39 is 11.7 Å². The number of alkyl halides is 3. The SMILES string of the molecule is O=CNC1CCCCC1=Cc1cccc(Oc2ccc(C(F)(F)F)cn2)c1. The number of aromatic nitrogens is 1. The topological polar surface area (TPSA) is 51.2 Å². The number of halogens is 3. The Morgan fingerprint density at radius 2 is 2.04 bits per heavy atom. The number of hydrogen-bond acceptors (Lipinski definition) is 3. The molecule has 142 valence electrons. The largest absolute Gasteiger partial charge is 0.439 e. The first-order chi connectivity index (χ1) is 13.0. The highest BCUT2D eigenvalue weighted by atomic mass is 19.4. The van der Waals surface area contributed by atoms with Crippen molar-refractivity contribution in [3.63, 3.8) is 0 Å². The molecule has 1 N–H and O–H groups in total. The van der Waals surface area contributed by atoms with Gasteiger partial charge >= 0.3 is 6.18 Å². The third-order valence-electron chi connectivity index (χ3n) is 4.42. The number of nitrogens with one attached hydrogen (secondary N) is 1. The van der Waals surface area contributed by atoms with Crippen molar-refractivity contribution >= 4 is 12.5 Å². The van der Waals surface area contributed by atoms with Gasteiger partial charge in [0.05, 0.1) is 11.6 Å². The first-order valence-electron chi connectivity index (χ1n) is 8.67. The van der Waals surface area contributed by atoms with Crippen LogP contribution in [0, 0.1) is 0 Å². The second-order valence-electron chi connectivity index (χ2n) is 6.36. The Labute approximate surface area is 155 Å². The van der Waals surface area contributed by atoms with E-state index in [1.165, 1.54) is 6.07 Å². The van der Waals surface area contributed by atoms with Crippen molar-refractivity contribution < 1.29 is 22.7 Å². The Hall–Kier alpha value is -2.83. The van der Waals surface area contributed by atoms with Crippen LogP contribution in [0.1, 0.15) is 36.8 Å². The molecule has 7 heteroatoms. The smallest absolute Gasteiger partial charge is 0.417 e. The van der Waals surface area contributed by atoms with Crippen molar-refractivity contribution in [2.45, 2.75) is 37.9 Å². The maximum Gasteiger partial charge on any atom is 0.417 e. The van der Waals surface area contributed by atoms with Crippen LogP contribution < -0.4 is 10.1 Å². The zero-order valence-corrected chi connectivity index (χ0v) is 14.5. The highest BCUT2D eigenvalue weighted by molar-refractivity contribution is 5.58. The summed E-state index contributed by atoms with van der Waals surface area (Å²) in [6, 6.07) is 9.38. The number of ether oxygens (including phenoxy) is 1. The molecule has 1 aliphatic carbocycles. The fraction of sp³-hybridized carbons (Fsp3) is 0.300. The van der Waals surface area contributed by atoms with E-state index in [4.69, 9.17) is 4.74 Å². The van der Waals surface area contributed by atoms with Crippen LogP contribution in [0.4, 0.5) is 13.2 Å². The molecule has 4 nitrogen and oxygen atoms in total. The predicted molar refractivity (Wildman–Crippen MR) is 95.2 cm³/mol. The molecule has 1 atom stereocenters. The van der Waals surface area contributed by atoms with Gasteiger partial charge in [0.1, 0.15) is 5.75 Å². The third-order valence-corrected chi connectivity index (χ3v) is 4.42. The Kier molecular flexibility index (Phi) is 5.78. The quantitative estimate of drug-likeness (QED) is 0.750. The molecule has 1 unspecified atom stereocenters. The number of pyridine rings is 1. The molecular weight excluding hydrogens is 357 g/mol. The summed E-state index contributed by atoms with van der Waals surface area (Å²) in [7, 11) is 0. The normalized spacial score (nSPS) is 18.9. The van der Waals surface area contributed by atoms with Crippen LogP contribution >= 0.6 is 0 Å². The van der Waals surface area contributed by atoms with Crippen LogP contribution in [-0.4, -0.2) is 17.4 Å². The molecule has 0 spiro atoms. The van der Waals surface area contributed by atoms with Gasteiger partial charge < -0.3 is 10.1 Å². The molecule has 3 rings (SSSR count). The minimum Gasteiger partial charge on any atom is -0.439 e. The summed E-state index contributed by atoms with van der Waals surface area (Å²) in [6.45, 7) is 0. The van der Waals surface area contributed by atoms with E-state index >= 15 is 0 Å². The second-order valence-corrected chi connectivity index (χ2v) is 6.36. The van der Waals surface area contributed by atoms with Gasteiger partial charge in [0.15, 0.2) is 0 Å². The van der Waals surface area contributed by atoms with Crippen molar-refractivity contribution in [1.82, 2.24) is 10.3 Å². The van der Waals surface area contributed by atoms with Gasteiger partial charge in [-0.25, -0.2) is 4.98 Å². The van der Waals surface area contributed by atoms with Gasteiger partial charge in [-0.15, -0.1) is 0 Å². The van der Waals surface area contributed by atoms with Crippen LogP contribution in [0.2, 0.25) is 0 Å². The fourth-order valence-electron chi connectivity index (χ4n) is 3.09. The average Bonchev–Trinajstić information content (AvgIpc) is 2.64. The Balaban J connectivity index is 1.75. The minimum atomic E-state index is -4.43. The molecule has 0 aliphatic heterocycles. The fourth-order valence-corrected chi connectivity index (χ4v) is 3.09. The summed E-state index contributed by atoms with van der Waals surface area (Å²) < 4.78 is 43.4. The summed E-state index contributed by atoms with van der Waals surface area (Å²) in [5.74, 6) is 0.568. The van der Waals surface area contributed by atoms with Gasteiger partial charge in [-0.3, -0.25) is 4.79 Å². The van der Waals surface area contributed by atoms with E-state index in [1.54, 1.807) is 18.2 Å². The number of carbonyl (C=O) groups is 1. The third kappa shape index (κ3) is 5.09. The summed E-state index contributed by atoms with van der Waals surface area (Å²) in [6.07, 6.45) is 3.04. The minimum absolute atomic E-state index is 0.0393. The van der Waals surface area contributed by atoms with Gasteiger partial charge in [0.2, 0.25) is 12.3 Å². The van der Waals surface area contributed by atoms with E-state index in [-0.39, 0.29) is 11.9 Å². The van der Waals surface area contributed by atoms with Gasteiger partial charge in [-0.2, -0.15) is 13.2 Å². The van der Waals surface area contributed by atoms with Crippen LogP contribution in [-0.2, 0) is 11.0 Å². The molecular formula is C20H19F3N2O2. The van der Waals surface area contributed by atoms with Crippen LogP contribution in [0.5, 0.6) is 11.6 Å². The molecule has 1 fully saturated rings. The molecule has 1 saturated carbocycles. The molecule has 1 aliphatic rings. The highest BCUT2D eigenvalue weighted by Gasteiger charge is 2.30. The van der Waals surface area contributed by atoms with Crippen LogP contribution in [0.25, 0.3) is 6.08 Å². The van der Waals surface area contributed by atoms with Gasteiger partial charge in [-0.05, 0) is 48.6 Å². The summed E-state index contributed by atoms with van der Waals surface area (Å²) >= 11 is 0. The van der Waals surface area contributed by atoms with E-state index in [9.17, 15) is 18.0 Å². The van der Waals surface area contributed by atoms with Crippen molar-refractivity contribution in [3.05, 3.63) is 59.3 Å². The zero-order chi connectivity index (χ0) is 19.3. The molecule has 1 aromatic carbocycles. The number of benzene rings is 1. The number of rotatable bonds is 5. The van der Waals surface area contributed by atoms with Gasteiger partial charge in [-0.1, -0.05) is 24.6 Å². The van der Waals surface area contributed by atoms with Crippen molar-refractivity contribution in [2.24, 2.45) is 0 Å². The van der Waals surface area contributed by atoms with Gasteiger partial charge in [0.25, 0.3) is 0 Å². The molecule has 0 radical (unpaired) electrons. The van der Waals surface area contributed by atoms with Crippen LogP contribution in [0.15, 0.2) is 48.2 Å². The van der Waals surface area contributed by atoms with Crippen molar-refractivity contribution in [2.75, 3.05) is 0 Å². The lowest BCUT2D eigenvalue weighted by Crippen LogP contribution is -2.31. The molecule has 0 saturated heterocycles. The Morgan fingerprint density at radius 1 is 1.19 bits per heavy atom. The molecule has 27 heavy (non-hydrogen) atoms. The lowest BCUT2D eigenvalue weighted by atomic mass is 9.88. The number of nitrogens with zero attached hydrogens (tertiary/aromatic N) is 1. The van der Waals surface area contributed by atoms with Crippen LogP contribution in [0.3, 0.4) is 0 Å². The van der Waals surface area contributed by atoms with E-state index in [2.05, 4.69) is 10.3 Å². The Bertz CT molecular complexity index is 817. The average molecular weight is 376 g/mol. The van der Waals surface area contributed by atoms with E-state index in [0.29, 0.717) is 5.75 Å².